The van der Waals surface area contributed by atoms with Crippen molar-refractivity contribution in [3.8, 4) is 11.5 Å². The van der Waals surface area contributed by atoms with E-state index in [1.807, 2.05) is 49.4 Å². The molecule has 3 aromatic carbocycles. The van der Waals surface area contributed by atoms with Gasteiger partial charge in [0.25, 0.3) is 0 Å². The summed E-state index contributed by atoms with van der Waals surface area (Å²) < 4.78 is 11.7. The van der Waals surface area contributed by atoms with Gasteiger partial charge in [-0.05, 0) is 54.4 Å². The van der Waals surface area contributed by atoms with Gasteiger partial charge in [-0.3, -0.25) is 14.4 Å². The van der Waals surface area contributed by atoms with Gasteiger partial charge in [-0.1, -0.05) is 70.6 Å². The lowest BCUT2D eigenvalue weighted by molar-refractivity contribution is -0.122. The van der Waals surface area contributed by atoms with E-state index in [-0.39, 0.29) is 16.7 Å². The fourth-order valence-electron chi connectivity index (χ4n) is 5.11. The molecule has 2 amide bonds. The molecule has 0 saturated carbocycles. The number of thioether (sulfide) groups is 1. The molecular weight excluding hydrogens is 556 g/mol. The number of methoxy groups -OCH3 is 1. The number of fused-ring (bicyclic) bond motifs is 2. The second-order valence-corrected chi connectivity index (χ2v) is 12.0. The number of carbonyl (C=O) groups excluding carboxylic acids is 2. The van der Waals surface area contributed by atoms with Crippen molar-refractivity contribution in [3.63, 3.8) is 0 Å². The van der Waals surface area contributed by atoms with Crippen LogP contribution in [-0.4, -0.2) is 29.2 Å². The average Bonchev–Trinajstić information content (AvgIpc) is 3.42. The van der Waals surface area contributed by atoms with Crippen molar-refractivity contribution in [3.05, 3.63) is 103 Å². The highest BCUT2D eigenvalue weighted by molar-refractivity contribution is 8.00. The number of halogens is 1. The Kier molecular flexibility index (Phi) is 6.74. The van der Waals surface area contributed by atoms with Crippen molar-refractivity contribution in [2.24, 2.45) is 5.92 Å². The van der Waals surface area contributed by atoms with Crippen LogP contribution in [0.3, 0.4) is 0 Å². The van der Waals surface area contributed by atoms with Crippen LogP contribution in [0, 0.1) is 12.8 Å². The Hall–Kier alpha value is -3.53. The zero-order valence-corrected chi connectivity index (χ0v) is 23.4. The largest absolute Gasteiger partial charge is 0.493 e. The van der Waals surface area contributed by atoms with Gasteiger partial charge in [0.05, 0.1) is 23.7 Å². The molecule has 39 heavy (non-hydrogen) atoms. The number of ether oxygens (including phenoxy) is 2. The van der Waals surface area contributed by atoms with Gasteiger partial charge in [0.2, 0.25) is 11.8 Å². The van der Waals surface area contributed by atoms with Crippen molar-refractivity contribution in [1.29, 1.82) is 0 Å². The van der Waals surface area contributed by atoms with Crippen LogP contribution >= 0.6 is 34.7 Å². The number of benzene rings is 3. The van der Waals surface area contributed by atoms with Crippen molar-refractivity contribution in [1.82, 2.24) is 4.98 Å². The number of hydrogen-bond acceptors (Lipinski definition) is 7. The normalized spacial score (nSPS) is 20.1. The molecule has 0 bridgehead atoms. The Morgan fingerprint density at radius 1 is 0.974 bits per heavy atom. The van der Waals surface area contributed by atoms with Crippen LogP contribution in [0.2, 0.25) is 5.02 Å². The fourth-order valence-corrected chi connectivity index (χ4v) is 7.84. The summed E-state index contributed by atoms with van der Waals surface area (Å²) in [5, 5.41) is 0.592. The van der Waals surface area contributed by atoms with Crippen molar-refractivity contribution >= 4 is 52.2 Å². The number of H-pyrrole nitrogens is 1. The molecule has 1 saturated heterocycles. The minimum atomic E-state index is -0.675. The van der Waals surface area contributed by atoms with Crippen LogP contribution in [0.4, 0.5) is 5.69 Å². The highest BCUT2D eigenvalue weighted by atomic mass is 35.5. The van der Waals surface area contributed by atoms with E-state index in [0.717, 1.165) is 32.9 Å². The number of rotatable bonds is 6. The number of amides is 2. The van der Waals surface area contributed by atoms with Gasteiger partial charge < -0.3 is 14.5 Å². The molecule has 1 aromatic heterocycles. The highest BCUT2D eigenvalue weighted by Gasteiger charge is 2.56. The number of nitrogens with one attached hydrogen (secondary N) is 1. The number of aromatic amines is 1. The Morgan fingerprint density at radius 2 is 1.77 bits per heavy atom. The molecule has 1 fully saturated rings. The summed E-state index contributed by atoms with van der Waals surface area (Å²) in [4.78, 5) is 44.5. The van der Waals surface area contributed by atoms with Crippen LogP contribution in [0.25, 0.3) is 0 Å². The van der Waals surface area contributed by atoms with Crippen LogP contribution in [0.1, 0.15) is 27.5 Å². The number of anilines is 1. The minimum absolute atomic E-state index is 0.221. The number of hydrogen-bond donors (Lipinski definition) is 1. The number of aromatic nitrogens is 1. The molecular formula is C29H23ClN2O5S2. The van der Waals surface area contributed by atoms with Gasteiger partial charge in [0.15, 0.2) is 11.5 Å². The molecule has 0 aliphatic carbocycles. The van der Waals surface area contributed by atoms with E-state index in [2.05, 4.69) is 4.98 Å². The molecule has 3 atom stereocenters. The molecule has 1 N–H and O–H groups in total. The van der Waals surface area contributed by atoms with E-state index < -0.39 is 17.1 Å². The standard InChI is InChI=1S/C29H23ClN2O5S2/c1-15-6-9-19(10-7-15)32-27(33)23-22(24-26(31-29(35)39-24)38-25(23)28(32)34)17-8-11-20(21(13-17)36-2)37-14-16-4-3-5-18(30)12-16/h3-13,22-23,25H,14H2,1-2H3,(H,31,35). The summed E-state index contributed by atoms with van der Waals surface area (Å²) in [5.41, 5.74) is 3.25. The van der Waals surface area contributed by atoms with E-state index in [1.54, 1.807) is 31.4 Å². The molecule has 10 heteroatoms. The average molecular weight is 579 g/mol. The Balaban J connectivity index is 1.37. The maximum atomic E-state index is 13.9. The Morgan fingerprint density at radius 3 is 2.51 bits per heavy atom. The molecule has 0 radical (unpaired) electrons. The highest BCUT2D eigenvalue weighted by Crippen LogP contribution is 2.53. The molecule has 0 spiro atoms. The first-order valence-electron chi connectivity index (χ1n) is 12.2. The van der Waals surface area contributed by atoms with Crippen molar-refractivity contribution in [2.45, 2.75) is 29.7 Å². The van der Waals surface area contributed by atoms with Crippen LogP contribution in [0.5, 0.6) is 11.5 Å². The third kappa shape index (κ3) is 4.64. The lowest BCUT2D eigenvalue weighted by Crippen LogP contribution is -2.32. The number of imide groups is 1. The summed E-state index contributed by atoms with van der Waals surface area (Å²) >= 11 is 8.43. The van der Waals surface area contributed by atoms with Gasteiger partial charge in [-0.25, -0.2) is 4.90 Å². The number of carbonyl (C=O) groups is 2. The number of nitrogens with zero attached hydrogens (tertiary/aromatic N) is 1. The second-order valence-electron chi connectivity index (χ2n) is 9.43. The van der Waals surface area contributed by atoms with Gasteiger partial charge in [-0.2, -0.15) is 0 Å². The molecule has 3 heterocycles. The monoisotopic (exact) mass is 578 g/mol. The molecule has 3 unspecified atom stereocenters. The second kappa shape index (κ2) is 10.2. The predicted octanol–water partition coefficient (Wildman–Crippen LogP) is 5.78. The van der Waals surface area contributed by atoms with E-state index in [9.17, 15) is 14.4 Å². The minimum Gasteiger partial charge on any atom is -0.493 e. The lowest BCUT2D eigenvalue weighted by atomic mass is 9.83. The fraction of sp³-hybridized carbons (Fsp3) is 0.207. The predicted molar refractivity (Wildman–Crippen MR) is 152 cm³/mol. The van der Waals surface area contributed by atoms with E-state index in [0.29, 0.717) is 33.8 Å². The van der Waals surface area contributed by atoms with Crippen LogP contribution < -0.4 is 19.2 Å². The quantitative estimate of drug-likeness (QED) is 0.292. The maximum absolute atomic E-state index is 13.9. The third-order valence-electron chi connectivity index (χ3n) is 6.95. The van der Waals surface area contributed by atoms with E-state index in [4.69, 9.17) is 21.1 Å². The van der Waals surface area contributed by atoms with E-state index >= 15 is 0 Å². The smallest absolute Gasteiger partial charge is 0.305 e. The zero-order chi connectivity index (χ0) is 27.3. The number of thiazole rings is 1. The topological polar surface area (TPSA) is 88.7 Å². The first-order chi connectivity index (χ1) is 18.8. The summed E-state index contributed by atoms with van der Waals surface area (Å²) in [6.07, 6.45) is 0. The maximum Gasteiger partial charge on any atom is 0.305 e. The van der Waals surface area contributed by atoms with Crippen LogP contribution in [0.15, 0.2) is 76.6 Å². The molecule has 6 rings (SSSR count). The lowest BCUT2D eigenvalue weighted by Gasteiger charge is -2.30. The molecule has 4 aromatic rings. The SMILES string of the molecule is COc1cc(C2c3sc(=O)[nH]c3SC3C(=O)N(c4ccc(C)cc4)C(=O)C32)ccc1OCc1cccc(Cl)c1. The van der Waals surface area contributed by atoms with Gasteiger partial charge >= 0.3 is 4.87 Å². The van der Waals surface area contributed by atoms with Crippen molar-refractivity contribution in [2.75, 3.05) is 12.0 Å². The summed E-state index contributed by atoms with van der Waals surface area (Å²) in [6, 6.07) is 20.2. The van der Waals surface area contributed by atoms with Crippen molar-refractivity contribution < 1.29 is 19.1 Å². The summed E-state index contributed by atoms with van der Waals surface area (Å²) in [7, 11) is 1.55. The molecule has 2 aliphatic rings. The molecule has 7 nitrogen and oxygen atoms in total. The third-order valence-corrected chi connectivity index (χ3v) is 9.58. The first-order valence-corrected chi connectivity index (χ1v) is 14.3. The van der Waals surface area contributed by atoms with Gasteiger partial charge in [0.1, 0.15) is 11.9 Å². The first kappa shape index (κ1) is 25.7. The summed E-state index contributed by atoms with van der Waals surface area (Å²) in [6.45, 7) is 2.25. The zero-order valence-electron chi connectivity index (χ0n) is 21.0. The molecule has 2 aliphatic heterocycles. The number of aryl methyl sites for hydroxylation is 1. The van der Waals surface area contributed by atoms with Gasteiger partial charge in [-0.15, -0.1) is 0 Å². The Labute approximate surface area is 237 Å². The van der Waals surface area contributed by atoms with E-state index in [1.165, 1.54) is 16.7 Å². The summed E-state index contributed by atoms with van der Waals surface area (Å²) in [5.74, 6) is -0.724. The van der Waals surface area contributed by atoms with Crippen LogP contribution in [-0.2, 0) is 16.2 Å². The Bertz CT molecular complexity index is 1650. The molecule has 198 valence electrons. The van der Waals surface area contributed by atoms with Gasteiger partial charge in [0, 0.05) is 15.8 Å².